The number of nitrogens with one attached hydrogen (secondary N) is 6. The number of amides is 5. The fraction of sp³-hybridized carbons (Fsp3) is 0.111. The molecule has 0 unspecified atom stereocenters. The number of benzene rings is 5. The van der Waals surface area contributed by atoms with Gasteiger partial charge in [-0.3, -0.25) is 29.0 Å². The highest BCUT2D eigenvalue weighted by Gasteiger charge is 2.25. The summed E-state index contributed by atoms with van der Waals surface area (Å²) in [5.41, 5.74) is 1.77. The Hall–Kier alpha value is -9.38. The first-order valence-corrected chi connectivity index (χ1v) is 19.1. The van der Waals surface area contributed by atoms with E-state index in [1.165, 1.54) is 73.8 Å². The topological polar surface area (TPSA) is 312 Å². The molecular weight excluding hydrogens is 847 g/mol. The number of carbonyl (C=O) groups excluding carboxylic acids is 5. The maximum Gasteiger partial charge on any atom is 0.417 e. The molecule has 5 aromatic carbocycles. The molecular formula is C45H37N7O13. The summed E-state index contributed by atoms with van der Waals surface area (Å²) in [4.78, 5) is 90.8. The minimum Gasteiger partial charge on any atom is -0.504 e. The van der Waals surface area contributed by atoms with E-state index in [1.54, 1.807) is 31.2 Å². The number of phenols is 2. The molecule has 0 saturated heterocycles. The van der Waals surface area contributed by atoms with Gasteiger partial charge in [0.25, 0.3) is 23.6 Å². The van der Waals surface area contributed by atoms with Gasteiger partial charge in [0, 0.05) is 28.1 Å². The summed E-state index contributed by atoms with van der Waals surface area (Å²) in [6.07, 6.45) is 1.23. The van der Waals surface area contributed by atoms with Gasteiger partial charge in [0.15, 0.2) is 28.6 Å². The Labute approximate surface area is 367 Å². The van der Waals surface area contributed by atoms with Crippen LogP contribution in [0.3, 0.4) is 0 Å². The lowest BCUT2D eigenvalue weighted by Gasteiger charge is -2.17. The van der Waals surface area contributed by atoms with Gasteiger partial charge < -0.3 is 55.8 Å². The summed E-state index contributed by atoms with van der Waals surface area (Å²) in [6, 6.07) is 21.7. The zero-order chi connectivity index (χ0) is 46.9. The number of nitrogens with zero attached hydrogens (tertiary/aromatic N) is 1. The van der Waals surface area contributed by atoms with Gasteiger partial charge in [-0.05, 0) is 103 Å². The van der Waals surface area contributed by atoms with Gasteiger partial charge in [-0.15, -0.1) is 0 Å². The number of hydrogen-bond acceptors (Lipinski definition) is 13. The van der Waals surface area contributed by atoms with E-state index in [1.807, 2.05) is 6.07 Å². The molecule has 6 rings (SSSR count). The molecule has 9 N–H and O–H groups in total. The average Bonchev–Trinajstić information content (AvgIpc) is 3.65. The number of aromatic nitrogens is 1. The lowest BCUT2D eigenvalue weighted by molar-refractivity contribution is -0.118. The SMILES string of the molecule is COc1c(NC(=O)c2ccc(NC(=O)c3ccc(NC(=O)[C@H](CC#N)NC(=O)c4ccc(NC(=O)/C(C)=C/c5ccc6[nH]c(=O)oc6c5)cc4)cc3)c(OC)c2O)ccc(C(=O)O)c1O. The molecule has 1 atom stereocenters. The number of carboxylic acid groups (broad SMARTS) is 1. The Morgan fingerprint density at radius 2 is 1.29 bits per heavy atom. The Kier molecular flexibility index (Phi) is 13.6. The van der Waals surface area contributed by atoms with Gasteiger partial charge in [0.05, 0.1) is 49.2 Å². The van der Waals surface area contributed by atoms with Crippen LogP contribution in [0.1, 0.15) is 60.3 Å². The number of aromatic hydroxyl groups is 2. The number of ether oxygens (including phenoxy) is 2. The van der Waals surface area contributed by atoms with E-state index in [-0.39, 0.29) is 51.7 Å². The van der Waals surface area contributed by atoms with E-state index in [9.17, 15) is 54.1 Å². The molecule has 65 heavy (non-hydrogen) atoms. The summed E-state index contributed by atoms with van der Waals surface area (Å²) in [6.45, 7) is 1.60. The Balaban J connectivity index is 1.04. The van der Waals surface area contributed by atoms with Crippen LogP contribution in [0, 0.1) is 11.3 Å². The van der Waals surface area contributed by atoms with Crippen LogP contribution in [0.15, 0.2) is 106 Å². The first kappa shape index (κ1) is 45.2. The van der Waals surface area contributed by atoms with Crippen LogP contribution >= 0.6 is 0 Å². The number of hydrogen-bond donors (Lipinski definition) is 9. The van der Waals surface area contributed by atoms with E-state index in [2.05, 4.69) is 31.6 Å². The van der Waals surface area contributed by atoms with E-state index in [0.717, 1.165) is 13.2 Å². The normalized spacial score (nSPS) is 11.4. The third-order valence-electron chi connectivity index (χ3n) is 9.57. The van der Waals surface area contributed by atoms with Gasteiger partial charge >= 0.3 is 11.7 Å². The summed E-state index contributed by atoms with van der Waals surface area (Å²) in [5, 5.41) is 52.7. The predicted molar refractivity (Wildman–Crippen MR) is 234 cm³/mol. The fourth-order valence-electron chi connectivity index (χ4n) is 6.27. The van der Waals surface area contributed by atoms with E-state index >= 15 is 0 Å². The lowest BCUT2D eigenvalue weighted by Crippen LogP contribution is -2.43. The molecule has 6 aromatic rings. The highest BCUT2D eigenvalue weighted by atomic mass is 16.5. The second kappa shape index (κ2) is 19.6. The second-order valence-electron chi connectivity index (χ2n) is 13.9. The molecule has 1 heterocycles. The van der Waals surface area contributed by atoms with Crippen LogP contribution in [0.5, 0.6) is 23.0 Å². The number of carbonyl (C=O) groups is 6. The molecule has 0 fully saturated rings. The second-order valence-corrected chi connectivity index (χ2v) is 13.9. The molecule has 20 heteroatoms. The summed E-state index contributed by atoms with van der Waals surface area (Å²) < 4.78 is 15.4. The fourth-order valence-corrected chi connectivity index (χ4v) is 6.27. The summed E-state index contributed by atoms with van der Waals surface area (Å²) in [5.74, 6) is -7.41. The molecule has 0 spiro atoms. The minimum atomic E-state index is -1.43. The first-order chi connectivity index (χ1) is 31.1. The molecule has 0 aliphatic carbocycles. The zero-order valence-corrected chi connectivity index (χ0v) is 34.4. The van der Waals surface area contributed by atoms with Gasteiger partial charge in [-0.2, -0.15) is 5.26 Å². The first-order valence-electron chi connectivity index (χ1n) is 19.1. The number of phenolic OH excluding ortho intramolecular Hbond substituents is 1. The number of anilines is 4. The number of oxazole rings is 1. The summed E-state index contributed by atoms with van der Waals surface area (Å²) in [7, 11) is 2.35. The number of H-pyrrole nitrogens is 1. The highest BCUT2D eigenvalue weighted by molar-refractivity contribution is 6.11. The van der Waals surface area contributed by atoms with Crippen molar-refractivity contribution in [3.05, 3.63) is 135 Å². The summed E-state index contributed by atoms with van der Waals surface area (Å²) >= 11 is 0. The number of aromatic amines is 1. The van der Waals surface area contributed by atoms with Crippen molar-refractivity contribution < 1.29 is 58.0 Å². The molecule has 20 nitrogen and oxygen atoms in total. The third-order valence-corrected chi connectivity index (χ3v) is 9.57. The Morgan fingerprint density at radius 3 is 1.88 bits per heavy atom. The van der Waals surface area contributed by atoms with E-state index in [4.69, 9.17) is 13.9 Å². The van der Waals surface area contributed by atoms with Crippen molar-refractivity contribution >= 4 is 75.4 Å². The molecule has 330 valence electrons. The van der Waals surface area contributed by atoms with Crippen molar-refractivity contribution in [2.24, 2.45) is 0 Å². The van der Waals surface area contributed by atoms with E-state index < -0.39 is 64.4 Å². The number of nitriles is 1. The van der Waals surface area contributed by atoms with Crippen molar-refractivity contribution in [1.82, 2.24) is 10.3 Å². The van der Waals surface area contributed by atoms with Gasteiger partial charge in [-0.25, -0.2) is 9.59 Å². The standard InChI is InChI=1S/C45H37N7O13/c1-22(20-23-4-15-30-34(21-23)65-45(62)52-30)39(55)47-26-9-5-25(6-10-26)41(57)51-33(18-19-46)43(59)48-27-11-7-24(8-12-27)40(56)49-31-16-13-28(35(53)37(31)63-2)42(58)50-32-17-14-29(44(60)61)36(54)38(32)64-3/h4-17,20-21,33,53-54H,18H2,1-3H3,(H,47,55)(H,48,59)(H,49,56)(H,50,58)(H,51,57)(H,52,62)(H,60,61)/b22-20+/t33-/m0/s1. The molecule has 0 aliphatic rings. The van der Waals surface area contributed by atoms with Gasteiger partial charge in [-0.1, -0.05) is 6.07 Å². The monoisotopic (exact) mass is 883 g/mol. The number of rotatable bonds is 15. The van der Waals surface area contributed by atoms with Crippen LogP contribution in [0.25, 0.3) is 17.2 Å². The third kappa shape index (κ3) is 10.4. The van der Waals surface area contributed by atoms with Crippen LogP contribution in [0.4, 0.5) is 22.7 Å². The van der Waals surface area contributed by atoms with Crippen LogP contribution in [0.2, 0.25) is 0 Å². The number of fused-ring (bicyclic) bond motifs is 1. The van der Waals surface area contributed by atoms with Crippen LogP contribution < -0.4 is 41.8 Å². The smallest absolute Gasteiger partial charge is 0.417 e. The Morgan fingerprint density at radius 1 is 0.738 bits per heavy atom. The predicted octanol–water partition coefficient (Wildman–Crippen LogP) is 5.45. The maximum atomic E-state index is 13.2. The molecule has 0 radical (unpaired) electrons. The van der Waals surface area contributed by atoms with Crippen LogP contribution in [-0.4, -0.2) is 76.1 Å². The van der Waals surface area contributed by atoms with Crippen molar-refractivity contribution in [2.75, 3.05) is 35.5 Å². The van der Waals surface area contributed by atoms with Crippen molar-refractivity contribution in [3.8, 4) is 29.1 Å². The number of carboxylic acids is 1. The van der Waals surface area contributed by atoms with Gasteiger partial charge in [0.1, 0.15) is 11.6 Å². The quantitative estimate of drug-likeness (QED) is 0.0580. The molecule has 0 aliphatic heterocycles. The average molecular weight is 884 g/mol. The maximum absolute atomic E-state index is 13.2. The van der Waals surface area contributed by atoms with Crippen LogP contribution in [-0.2, 0) is 9.59 Å². The van der Waals surface area contributed by atoms with Crippen molar-refractivity contribution in [1.29, 1.82) is 5.26 Å². The van der Waals surface area contributed by atoms with Crippen molar-refractivity contribution in [3.63, 3.8) is 0 Å². The number of aromatic carboxylic acids is 1. The number of methoxy groups -OCH3 is 2. The highest BCUT2D eigenvalue weighted by Crippen LogP contribution is 2.40. The molecule has 1 aromatic heterocycles. The molecule has 0 bridgehead atoms. The minimum absolute atomic E-state index is 0.0246. The van der Waals surface area contributed by atoms with Gasteiger partial charge in [0.2, 0.25) is 5.91 Å². The molecule has 5 amide bonds. The zero-order valence-electron chi connectivity index (χ0n) is 34.4. The van der Waals surface area contributed by atoms with Crippen molar-refractivity contribution in [2.45, 2.75) is 19.4 Å². The lowest BCUT2D eigenvalue weighted by atomic mass is 10.1. The largest absolute Gasteiger partial charge is 0.504 e. The molecule has 0 saturated carbocycles. The Bertz CT molecular complexity index is 3000. The van der Waals surface area contributed by atoms with E-state index in [0.29, 0.717) is 27.9 Å².